The lowest BCUT2D eigenvalue weighted by molar-refractivity contribution is 1.57. The van der Waals surface area contributed by atoms with Crippen molar-refractivity contribution < 1.29 is 0 Å². The quantitative estimate of drug-likeness (QED) is 0.127. The molecule has 506 valence electrons. The van der Waals surface area contributed by atoms with Crippen LogP contribution in [0.1, 0.15) is 0 Å². The highest BCUT2D eigenvalue weighted by Crippen LogP contribution is 2.61. The molecule has 16 aromatic carbocycles. The van der Waals surface area contributed by atoms with Crippen LogP contribution in [0.15, 0.2) is 279 Å². The van der Waals surface area contributed by atoms with E-state index in [0.29, 0.717) is 0 Å². The Morgan fingerprint density at radius 2 is 0.345 bits per heavy atom. The predicted molar refractivity (Wildman–Crippen MR) is 489 cm³/mol. The first-order chi connectivity index (χ1) is 54.6. The lowest BCUT2D eigenvalue weighted by Gasteiger charge is -2.11. The van der Waals surface area contributed by atoms with Crippen molar-refractivity contribution in [1.29, 1.82) is 0 Å². The molecule has 0 aliphatic heterocycles. The van der Waals surface area contributed by atoms with Crippen molar-refractivity contribution in [2.24, 2.45) is 0 Å². The molecule has 28 aromatic rings. The third-order valence-corrected chi connectivity index (χ3v) is 32.0. The summed E-state index contributed by atoms with van der Waals surface area (Å²) in [5.74, 6) is 0. The first-order valence-corrected chi connectivity index (χ1v) is 42.3. The van der Waals surface area contributed by atoms with Crippen molar-refractivity contribution in [3.05, 3.63) is 279 Å². The number of hydrogen-bond acceptors (Lipinski definition) is 6. The van der Waals surface area contributed by atoms with Gasteiger partial charge in [0.25, 0.3) is 0 Å². The molecule has 0 atom stereocenters. The van der Waals surface area contributed by atoms with Gasteiger partial charge in [-0.1, -0.05) is 243 Å². The molecule has 0 fully saturated rings. The van der Waals surface area contributed by atoms with Crippen LogP contribution in [0.25, 0.3) is 284 Å². The Kier molecular flexibility index (Phi) is 11.1. The Bertz CT molecular complexity index is 8780. The Labute approximate surface area is 645 Å². The van der Waals surface area contributed by atoms with E-state index in [1.807, 2.05) is 68.0 Å². The highest BCUT2D eigenvalue weighted by Gasteiger charge is 2.33. The van der Waals surface area contributed by atoms with Crippen LogP contribution in [0.5, 0.6) is 0 Å². The fourth-order valence-corrected chi connectivity index (χ4v) is 27.8. The van der Waals surface area contributed by atoms with Gasteiger partial charge >= 0.3 is 0 Å². The van der Waals surface area contributed by atoms with Gasteiger partial charge in [0, 0.05) is 240 Å². The second-order valence-electron chi connectivity index (χ2n) is 30.0. The molecule has 12 bridgehead atoms. The summed E-state index contributed by atoms with van der Waals surface area (Å²) >= 11 is 11.6. The molecule has 110 heavy (non-hydrogen) atoms. The topological polar surface area (TPSA) is 63.2 Å². The van der Waals surface area contributed by atoms with Gasteiger partial charge in [-0.2, -0.15) is 0 Å². The summed E-state index contributed by atoms with van der Waals surface area (Å²) in [5, 5.41) is 39.6. The van der Waals surface area contributed by atoms with E-state index < -0.39 is 0 Å². The number of H-pyrrole nitrogens is 4. The first kappa shape index (κ1) is 58.6. The maximum absolute atomic E-state index is 4.61. The van der Waals surface area contributed by atoms with Crippen LogP contribution in [0.4, 0.5) is 0 Å². The van der Waals surface area contributed by atoms with Crippen molar-refractivity contribution in [2.75, 3.05) is 0 Å². The lowest BCUT2D eigenvalue weighted by atomic mass is 9.89. The zero-order valence-corrected chi connectivity index (χ0v) is 62.9. The van der Waals surface area contributed by atoms with E-state index in [2.05, 4.69) is 299 Å². The van der Waals surface area contributed by atoms with Gasteiger partial charge in [0.15, 0.2) is 0 Å². The molecule has 12 aromatic heterocycles. The second kappa shape index (κ2) is 20.8. The number of hydrogen-bond donors (Lipinski definition) is 4. The van der Waals surface area contributed by atoms with Gasteiger partial charge in [-0.25, -0.2) is 0 Å². The van der Waals surface area contributed by atoms with Gasteiger partial charge in [0.2, 0.25) is 0 Å². The SMILES string of the molecule is c1ccc2c3cc4c(s3)c3ccccc3c3[nH]c5c6ccccc6c6sc7c8ccccc8c8[nH]c(c(-c9c%10[nH]c%11c%12ccccc%12c%12sc%13c%14ccccc%14c%14[nH]c%15c%16ccccc%16c%16sc(cc%16c%15c%14c%13c%12c9%11)c9ccccc9c9ccc(s9)c9ccccc%109)c8c7c6c5c43)c3ccccc3c3ccc(s3)c2c1. The molecule has 12 heterocycles. The van der Waals surface area contributed by atoms with Gasteiger partial charge in [0.05, 0.1) is 44.1 Å². The number of benzene rings is 16. The van der Waals surface area contributed by atoms with Gasteiger partial charge in [-0.05, 0) is 36.4 Å². The van der Waals surface area contributed by atoms with Gasteiger partial charge < -0.3 is 19.9 Å². The van der Waals surface area contributed by atoms with Crippen LogP contribution in [0, 0.1) is 0 Å². The summed E-state index contributed by atoms with van der Waals surface area (Å²) in [6, 6.07) is 107. The average Bonchev–Trinajstić information content (AvgIpc) is 1.51. The molecular formula is C100H50N4S6. The number of aromatic nitrogens is 4. The molecule has 0 unspecified atom stereocenters. The monoisotopic (exact) mass is 1500 g/mol. The van der Waals surface area contributed by atoms with Crippen LogP contribution in [0.2, 0.25) is 0 Å². The zero-order chi connectivity index (χ0) is 70.8. The average molecular weight is 1500 g/mol. The largest absolute Gasteiger partial charge is 0.353 e. The second-order valence-corrected chi connectivity index (χ2v) is 36.3. The molecule has 4 N–H and O–H groups in total. The Hall–Kier alpha value is -12.5. The number of rotatable bonds is 1. The van der Waals surface area contributed by atoms with Gasteiger partial charge in [-0.3, -0.25) is 0 Å². The van der Waals surface area contributed by atoms with Crippen molar-refractivity contribution in [1.82, 2.24) is 19.9 Å². The third-order valence-electron chi connectivity index (χ3n) is 24.8. The molecule has 0 aliphatic rings. The summed E-state index contributed by atoms with van der Waals surface area (Å²) in [5.41, 5.74) is 11.4. The van der Waals surface area contributed by atoms with Crippen LogP contribution >= 0.6 is 68.0 Å². The summed E-state index contributed by atoms with van der Waals surface area (Å²) in [7, 11) is 0. The number of nitrogens with one attached hydrogen (secondary N) is 4. The van der Waals surface area contributed by atoms with Crippen LogP contribution < -0.4 is 0 Å². The van der Waals surface area contributed by atoms with Crippen LogP contribution in [-0.2, 0) is 0 Å². The lowest BCUT2D eigenvalue weighted by Crippen LogP contribution is -1.84. The molecule has 28 rings (SSSR count). The summed E-state index contributed by atoms with van der Waals surface area (Å²) in [4.78, 5) is 17.9. The van der Waals surface area contributed by atoms with E-state index in [1.165, 1.54) is 240 Å². The van der Waals surface area contributed by atoms with Crippen LogP contribution in [0.3, 0.4) is 0 Å². The van der Waals surface area contributed by atoms with E-state index in [9.17, 15) is 0 Å². The first-order valence-electron chi connectivity index (χ1n) is 37.4. The van der Waals surface area contributed by atoms with E-state index in [0.717, 1.165) is 43.9 Å². The predicted octanol–water partition coefficient (Wildman–Crippen LogP) is 32.1. The highest BCUT2D eigenvalue weighted by molar-refractivity contribution is 7.30. The molecular weight excluding hydrogens is 1450 g/mol. The smallest absolute Gasteiger partial charge is 0.0552 e. The van der Waals surface area contributed by atoms with E-state index in [-0.39, 0.29) is 0 Å². The number of fused-ring (bicyclic) bond motifs is 39. The highest BCUT2D eigenvalue weighted by atomic mass is 32.1. The minimum Gasteiger partial charge on any atom is -0.353 e. The maximum atomic E-state index is 4.61. The fourth-order valence-electron chi connectivity index (χ4n) is 20.4. The van der Waals surface area contributed by atoms with Crippen molar-refractivity contribution in [3.63, 3.8) is 0 Å². The van der Waals surface area contributed by atoms with Crippen LogP contribution in [-0.4, -0.2) is 19.9 Å². The van der Waals surface area contributed by atoms with Gasteiger partial charge in [-0.15, -0.1) is 68.0 Å². The molecule has 4 nitrogen and oxygen atoms in total. The van der Waals surface area contributed by atoms with Crippen molar-refractivity contribution in [3.8, 4) is 11.1 Å². The van der Waals surface area contributed by atoms with Crippen molar-refractivity contribution in [2.45, 2.75) is 0 Å². The van der Waals surface area contributed by atoms with Gasteiger partial charge in [0.1, 0.15) is 0 Å². The fraction of sp³-hybridized carbons (Fsp3) is 0. The maximum Gasteiger partial charge on any atom is 0.0552 e. The standard InChI is InChI=1S/C100H50N4S6/c1-3-23-49-47(21-1)69-41-43-71(105-69)51-25-5-7-27-53(51)89-79(81-85-83-77-75-67-45-73(49)107-95(67)61-35-15-9-29-55(61)87(75)101-91(77)57-31-11-17-37-63(57)97(83)109-99(85)65-39-19-13-33-59(65)93(81)103-89)80-82-86-84-78-76-68-46-74-50-24-4-2-22-48(50)70-42-44-72(106-70)52-26-6-8-28-54(52)90(80)104-94(82)60-34-14-20-40-66(60)100(86)110-98(84)64-38-18-12-32-58(64)92(78)102-88(76)56-30-10-16-36-62(56)96(68)108-74/h1-46,101-104H. The van der Waals surface area contributed by atoms with Crippen molar-refractivity contribution >= 4 is 341 Å². The molecule has 0 saturated heterocycles. The molecule has 0 spiro atoms. The number of thiophene rings is 6. The Morgan fingerprint density at radius 3 is 0.645 bits per heavy atom. The number of aromatic amines is 4. The molecule has 0 saturated carbocycles. The molecule has 0 amide bonds. The third kappa shape index (κ3) is 7.23. The molecule has 10 heteroatoms. The van der Waals surface area contributed by atoms with E-state index in [4.69, 9.17) is 0 Å². The summed E-state index contributed by atoms with van der Waals surface area (Å²) in [6.07, 6.45) is 0. The van der Waals surface area contributed by atoms with E-state index in [1.54, 1.807) is 0 Å². The molecule has 0 aliphatic carbocycles. The Morgan fingerprint density at radius 1 is 0.136 bits per heavy atom. The molecule has 0 radical (unpaired) electrons. The Balaban J connectivity index is 0.989. The zero-order valence-electron chi connectivity index (χ0n) is 58.0. The van der Waals surface area contributed by atoms with E-state index >= 15 is 0 Å². The summed E-state index contributed by atoms with van der Waals surface area (Å²) in [6.45, 7) is 0. The minimum atomic E-state index is 1.08. The normalized spacial score (nSPS) is 12.9. The minimum absolute atomic E-state index is 1.08. The summed E-state index contributed by atoms with van der Waals surface area (Å²) < 4.78 is 15.2.